The van der Waals surface area contributed by atoms with Crippen LogP contribution >= 0.6 is 11.8 Å². The third-order valence-corrected chi connectivity index (χ3v) is 13.2. The smallest absolute Gasteiger partial charge is 0.471 e. The number of fused-ring (bicyclic) bond motifs is 9. The predicted molar refractivity (Wildman–Crippen MR) is 217 cm³/mol. The van der Waals surface area contributed by atoms with Gasteiger partial charge in [-0.25, -0.2) is 9.59 Å². The van der Waals surface area contributed by atoms with Gasteiger partial charge in [0.2, 0.25) is 6.79 Å². The summed E-state index contributed by atoms with van der Waals surface area (Å²) in [6, 6.07) is 7.69. The van der Waals surface area contributed by atoms with Crippen LogP contribution in [0.4, 0.5) is 13.2 Å². The number of nitrogens with one attached hydrogen (secondary N) is 1. The van der Waals surface area contributed by atoms with Gasteiger partial charge in [0.25, 0.3) is 0 Å². The number of carbonyl (C=O) groups excluding carboxylic acids is 4. The first-order valence-corrected chi connectivity index (χ1v) is 20.7. The Balaban J connectivity index is 1.39. The van der Waals surface area contributed by atoms with Crippen molar-refractivity contribution in [3.63, 3.8) is 0 Å². The number of ether oxygens (including phenoxy) is 6. The summed E-state index contributed by atoms with van der Waals surface area (Å²) in [6.45, 7) is 8.26. The number of amides is 1. The van der Waals surface area contributed by atoms with Gasteiger partial charge in [-0.2, -0.15) is 18.4 Å². The van der Waals surface area contributed by atoms with Crippen molar-refractivity contribution in [3.8, 4) is 34.8 Å². The first-order valence-electron chi connectivity index (χ1n) is 19.7. The van der Waals surface area contributed by atoms with Crippen LogP contribution < -0.4 is 29.0 Å². The highest BCUT2D eigenvalue weighted by molar-refractivity contribution is 7.99. The number of cyclic esters (lactones) is 1. The Morgan fingerprint density at radius 2 is 1.79 bits per heavy atom. The van der Waals surface area contributed by atoms with E-state index in [9.17, 15) is 37.6 Å². The SMILES string of the molecule is C=CCN1C2c3c(cc(C)c(OC)c3OC(=O)C=Cc3ccccc3)CC1[C@H](C#N)N1C2[C@@H]2SCC(NC(=O)C(F)(F)F)C(=O)OC[C@H]1c1c3c(c(C)c(OC(C)=O)c12)OCO3. The van der Waals surface area contributed by atoms with Gasteiger partial charge in [-0.15, -0.1) is 18.3 Å². The largest absolute Gasteiger partial charge is 0.493 e. The molecule has 1 N–H and O–H groups in total. The van der Waals surface area contributed by atoms with Gasteiger partial charge in [0.15, 0.2) is 23.0 Å². The van der Waals surface area contributed by atoms with E-state index >= 15 is 0 Å². The van der Waals surface area contributed by atoms with Gasteiger partial charge in [-0.05, 0) is 43.0 Å². The van der Waals surface area contributed by atoms with E-state index in [-0.39, 0.29) is 42.1 Å². The predicted octanol–water partition coefficient (Wildman–Crippen LogP) is 5.75. The molecule has 324 valence electrons. The average Bonchev–Trinajstić information content (AvgIpc) is 3.73. The summed E-state index contributed by atoms with van der Waals surface area (Å²) in [6.07, 6.45) is -0.414. The van der Waals surface area contributed by atoms with Crippen LogP contribution in [0.15, 0.2) is 55.1 Å². The molecule has 5 heterocycles. The number of hydrogen-bond donors (Lipinski definition) is 1. The average molecular weight is 875 g/mol. The summed E-state index contributed by atoms with van der Waals surface area (Å²) in [4.78, 5) is 56.8. The highest BCUT2D eigenvalue weighted by Crippen LogP contribution is 2.64. The van der Waals surface area contributed by atoms with Crippen LogP contribution in [0.3, 0.4) is 0 Å². The van der Waals surface area contributed by atoms with Crippen molar-refractivity contribution < 1.29 is 60.8 Å². The molecule has 2 saturated heterocycles. The molecular weight excluding hydrogens is 834 g/mol. The number of piperazine rings is 1. The fraction of sp³-hybridized carbons (Fsp3) is 0.386. The highest BCUT2D eigenvalue weighted by atomic mass is 32.2. The highest BCUT2D eigenvalue weighted by Gasteiger charge is 2.61. The van der Waals surface area contributed by atoms with Crippen LogP contribution in [0.5, 0.6) is 28.7 Å². The van der Waals surface area contributed by atoms with Gasteiger partial charge in [0.1, 0.15) is 24.4 Å². The van der Waals surface area contributed by atoms with E-state index in [4.69, 9.17) is 28.4 Å². The van der Waals surface area contributed by atoms with E-state index in [0.29, 0.717) is 34.2 Å². The molecule has 3 aromatic rings. The fourth-order valence-electron chi connectivity index (χ4n) is 9.50. The van der Waals surface area contributed by atoms with E-state index in [1.165, 1.54) is 20.1 Å². The van der Waals surface area contributed by atoms with Gasteiger partial charge >= 0.3 is 30.0 Å². The van der Waals surface area contributed by atoms with Crippen LogP contribution in [0.2, 0.25) is 0 Å². The van der Waals surface area contributed by atoms with Crippen LogP contribution in [0.25, 0.3) is 6.08 Å². The Bertz CT molecular complexity index is 2440. The number of nitriles is 1. The maximum absolute atomic E-state index is 13.8. The summed E-state index contributed by atoms with van der Waals surface area (Å²) in [5, 5.41) is 12.1. The number of esters is 3. The van der Waals surface area contributed by atoms with Gasteiger partial charge in [-0.1, -0.05) is 42.5 Å². The third-order valence-electron chi connectivity index (χ3n) is 11.8. The lowest BCUT2D eigenvalue weighted by Crippen LogP contribution is -2.70. The Morgan fingerprint density at radius 3 is 2.47 bits per heavy atom. The van der Waals surface area contributed by atoms with E-state index in [0.717, 1.165) is 22.9 Å². The lowest BCUT2D eigenvalue weighted by Gasteiger charge is -2.62. The van der Waals surface area contributed by atoms with E-state index < -0.39 is 83.9 Å². The number of nitrogens with zero attached hydrogens (tertiary/aromatic N) is 3. The van der Waals surface area contributed by atoms with Crippen LogP contribution in [-0.4, -0.2) is 96.8 Å². The zero-order valence-corrected chi connectivity index (χ0v) is 34.8. The van der Waals surface area contributed by atoms with Gasteiger partial charge in [0, 0.05) is 59.6 Å². The van der Waals surface area contributed by atoms with Crippen molar-refractivity contribution in [1.29, 1.82) is 5.26 Å². The number of halogens is 3. The van der Waals surface area contributed by atoms with Gasteiger partial charge in [-0.3, -0.25) is 19.4 Å². The fourth-order valence-corrected chi connectivity index (χ4v) is 11.0. The molecule has 18 heteroatoms. The van der Waals surface area contributed by atoms with Crippen molar-refractivity contribution in [3.05, 3.63) is 94.1 Å². The number of aryl methyl sites for hydroxylation is 1. The second kappa shape index (κ2) is 16.7. The molecule has 7 atom stereocenters. The van der Waals surface area contributed by atoms with Crippen molar-refractivity contribution >= 4 is 41.7 Å². The Hall–Kier alpha value is -6.03. The molecule has 14 nitrogen and oxygen atoms in total. The summed E-state index contributed by atoms with van der Waals surface area (Å²) < 4.78 is 77.0. The van der Waals surface area contributed by atoms with Crippen LogP contribution in [0.1, 0.15) is 63.2 Å². The molecule has 4 unspecified atom stereocenters. The molecule has 4 bridgehead atoms. The number of alkyl halides is 3. The molecule has 0 aliphatic carbocycles. The van der Waals surface area contributed by atoms with Gasteiger partial charge < -0.3 is 33.7 Å². The number of carbonyl (C=O) groups is 4. The standard InChI is InChI=1S/C44H41F3N4O10S/c1-6-14-50-27-16-25-15-21(2)36(56-5)40(61-30(53)13-12-24-10-8-7-9-11-24)31(25)34(50)35-41-33-32(39-38(58-20-59-39)22(3)37(33)60-23(4)52)29(51(35)28(27)17-48)18-57-42(54)26(19-62-41)49-43(55)44(45,46)47/h6-13,15,26-29,34-35,41H,1,14,16,18-20H2,2-5H3,(H,49,55)/t26?,27?,28-,29-,34?,35?,41+/m0/s1. The summed E-state index contributed by atoms with van der Waals surface area (Å²) in [7, 11) is 1.45. The Morgan fingerprint density at radius 1 is 1.05 bits per heavy atom. The number of methoxy groups -OCH3 is 1. The first kappa shape index (κ1) is 42.7. The van der Waals surface area contributed by atoms with E-state index in [2.05, 4.69) is 17.5 Å². The van der Waals surface area contributed by atoms with Crippen molar-refractivity contribution in [2.45, 2.75) is 74.9 Å². The monoisotopic (exact) mass is 874 g/mol. The number of rotatable bonds is 8. The lowest BCUT2D eigenvalue weighted by molar-refractivity contribution is -0.176. The maximum Gasteiger partial charge on any atom is 0.471 e. The number of benzene rings is 3. The molecule has 2 fully saturated rings. The minimum atomic E-state index is -5.31. The van der Waals surface area contributed by atoms with Crippen molar-refractivity contribution in [1.82, 2.24) is 15.1 Å². The first-order chi connectivity index (χ1) is 29.7. The molecule has 62 heavy (non-hydrogen) atoms. The Kier molecular flexibility index (Phi) is 11.5. The summed E-state index contributed by atoms with van der Waals surface area (Å²) >= 11 is 1.01. The third kappa shape index (κ3) is 7.31. The minimum absolute atomic E-state index is 0.0998. The number of hydrogen-bond acceptors (Lipinski definition) is 14. The van der Waals surface area contributed by atoms with Crippen LogP contribution in [-0.2, 0) is 30.3 Å². The van der Waals surface area contributed by atoms with Crippen molar-refractivity contribution in [2.24, 2.45) is 0 Å². The minimum Gasteiger partial charge on any atom is -0.493 e. The summed E-state index contributed by atoms with van der Waals surface area (Å²) in [5.74, 6) is -4.24. The molecule has 0 saturated carbocycles. The van der Waals surface area contributed by atoms with Crippen molar-refractivity contribution in [2.75, 3.05) is 32.8 Å². The Labute approximate surface area is 358 Å². The van der Waals surface area contributed by atoms with E-state index in [1.54, 1.807) is 24.4 Å². The topological polar surface area (TPSA) is 166 Å². The molecule has 3 aromatic carbocycles. The van der Waals surface area contributed by atoms with Crippen LogP contribution in [0, 0.1) is 25.2 Å². The zero-order chi connectivity index (χ0) is 44.2. The molecule has 5 aliphatic heterocycles. The zero-order valence-electron chi connectivity index (χ0n) is 33.9. The molecule has 5 aliphatic rings. The summed E-state index contributed by atoms with van der Waals surface area (Å²) in [5.41, 5.74) is 3.94. The second-order valence-corrected chi connectivity index (χ2v) is 16.5. The van der Waals surface area contributed by atoms with Gasteiger partial charge in [0.05, 0.1) is 30.5 Å². The lowest BCUT2D eigenvalue weighted by atomic mass is 9.71. The molecule has 8 rings (SSSR count). The molecule has 0 aromatic heterocycles. The number of thioether (sulfide) groups is 1. The quantitative estimate of drug-likeness (QED) is 0.126. The normalized spacial score (nSPS) is 25.1. The molecular formula is C44H41F3N4O10S. The molecule has 1 amide bonds. The van der Waals surface area contributed by atoms with E-state index in [1.807, 2.05) is 48.2 Å². The maximum atomic E-state index is 13.8. The molecule has 0 radical (unpaired) electrons. The second-order valence-electron chi connectivity index (χ2n) is 15.4. The molecule has 0 spiro atoms.